The van der Waals surface area contributed by atoms with Crippen molar-refractivity contribution in [2.75, 3.05) is 19.8 Å². The zero-order valence-corrected chi connectivity index (χ0v) is 8.53. The van der Waals surface area contributed by atoms with E-state index in [1.54, 1.807) is 7.11 Å². The number of nitrogens with one attached hydrogen (secondary N) is 1. The highest BCUT2D eigenvalue weighted by Gasteiger charge is 2.18. The molecule has 0 radical (unpaired) electrons. The van der Waals surface area contributed by atoms with Crippen LogP contribution in [-0.2, 0) is 4.43 Å². The summed E-state index contributed by atoms with van der Waals surface area (Å²) >= 11 is 0. The first-order chi connectivity index (χ1) is 4.62. The second-order valence-corrected chi connectivity index (χ2v) is 7.42. The molecule has 62 valence electrons. The Labute approximate surface area is 65.1 Å². The summed E-state index contributed by atoms with van der Waals surface area (Å²) in [5.41, 5.74) is 0. The van der Waals surface area contributed by atoms with E-state index in [9.17, 15) is 0 Å². The molecule has 10 heavy (non-hydrogen) atoms. The Hall–Kier alpha value is 0.137. The predicted octanol–water partition coefficient (Wildman–Crippen LogP) is 1.38. The topological polar surface area (TPSA) is 21.3 Å². The number of hydrogen-bond donors (Lipinski definition) is 1. The van der Waals surface area contributed by atoms with Crippen LogP contribution in [0.4, 0.5) is 0 Å². The number of hydrogen-bond acceptors (Lipinski definition) is 2. The van der Waals surface area contributed by atoms with Crippen LogP contribution >= 0.6 is 0 Å². The minimum Gasteiger partial charge on any atom is -0.419 e. The van der Waals surface area contributed by atoms with Gasteiger partial charge in [0.25, 0.3) is 0 Å². The molecular weight excluding hydrogens is 142 g/mol. The van der Waals surface area contributed by atoms with Crippen molar-refractivity contribution >= 4 is 8.32 Å². The van der Waals surface area contributed by atoms with E-state index in [2.05, 4.69) is 25.3 Å². The third kappa shape index (κ3) is 4.96. The van der Waals surface area contributed by atoms with Gasteiger partial charge in [-0.1, -0.05) is 6.92 Å². The average Bonchev–Trinajstić information content (AvgIpc) is 1.89. The van der Waals surface area contributed by atoms with E-state index in [-0.39, 0.29) is 0 Å². The molecule has 0 aliphatic carbocycles. The molecule has 0 aliphatic rings. The molecular formula is C7H19NOSi. The summed E-state index contributed by atoms with van der Waals surface area (Å²) in [4.78, 5) is 0. The maximum absolute atomic E-state index is 5.36. The van der Waals surface area contributed by atoms with Crippen LogP contribution in [0.25, 0.3) is 0 Å². The second-order valence-electron chi connectivity index (χ2n) is 3.14. The van der Waals surface area contributed by atoms with Gasteiger partial charge >= 0.3 is 0 Å². The van der Waals surface area contributed by atoms with Gasteiger partial charge in [0.15, 0.2) is 8.32 Å². The molecule has 0 fully saturated rings. The molecule has 0 saturated carbocycles. The van der Waals surface area contributed by atoms with E-state index in [1.165, 1.54) is 6.42 Å². The highest BCUT2D eigenvalue weighted by atomic mass is 28.4. The van der Waals surface area contributed by atoms with E-state index in [1.807, 2.05) is 0 Å². The zero-order valence-electron chi connectivity index (χ0n) is 7.53. The Bertz CT molecular complexity index is 85.7. The van der Waals surface area contributed by atoms with E-state index in [4.69, 9.17) is 4.43 Å². The first kappa shape index (κ1) is 10.1. The normalized spacial score (nSPS) is 12.0. The van der Waals surface area contributed by atoms with Crippen LogP contribution in [0.5, 0.6) is 0 Å². The maximum Gasteiger partial charge on any atom is 0.199 e. The van der Waals surface area contributed by atoms with Crippen LogP contribution in [0.15, 0.2) is 0 Å². The lowest BCUT2D eigenvalue weighted by atomic mass is 10.5. The summed E-state index contributed by atoms with van der Waals surface area (Å²) in [7, 11) is 0.480. The summed E-state index contributed by atoms with van der Waals surface area (Å²) in [5.74, 6) is 0. The van der Waals surface area contributed by atoms with Crippen molar-refractivity contribution in [1.29, 1.82) is 0 Å². The van der Waals surface area contributed by atoms with Crippen LogP contribution in [0, 0.1) is 0 Å². The van der Waals surface area contributed by atoms with Gasteiger partial charge in [0.1, 0.15) is 0 Å². The van der Waals surface area contributed by atoms with Crippen molar-refractivity contribution in [3.8, 4) is 0 Å². The smallest absolute Gasteiger partial charge is 0.199 e. The molecule has 0 heterocycles. The fraction of sp³-hybridized carbons (Fsp3) is 1.00. The summed E-state index contributed by atoms with van der Waals surface area (Å²) in [6.45, 7) is 7.72. The molecule has 0 saturated heterocycles. The summed E-state index contributed by atoms with van der Waals surface area (Å²) < 4.78 is 5.36. The standard InChI is InChI=1S/C7H19NOSi/c1-5-6-8-7-10(3,4)9-2/h8H,5-7H2,1-4H3. The number of rotatable bonds is 5. The molecule has 0 spiro atoms. The third-order valence-electron chi connectivity index (χ3n) is 1.53. The summed E-state index contributed by atoms with van der Waals surface area (Å²) in [6.07, 6.45) is 2.27. The molecule has 0 aromatic carbocycles. The Balaban J connectivity index is 3.28. The minimum atomic E-state index is -1.33. The average molecular weight is 161 g/mol. The Kier molecular flexibility index (Phi) is 4.94. The molecule has 0 aromatic rings. The molecule has 0 aliphatic heterocycles. The SMILES string of the molecule is CCCNC[Si](C)(C)OC. The van der Waals surface area contributed by atoms with E-state index >= 15 is 0 Å². The second kappa shape index (κ2) is 4.88. The highest BCUT2D eigenvalue weighted by Crippen LogP contribution is 1.98. The van der Waals surface area contributed by atoms with Gasteiger partial charge in [0.2, 0.25) is 0 Å². The molecule has 2 nitrogen and oxygen atoms in total. The van der Waals surface area contributed by atoms with Gasteiger partial charge < -0.3 is 9.74 Å². The Morgan fingerprint density at radius 2 is 2.00 bits per heavy atom. The largest absolute Gasteiger partial charge is 0.419 e. The quantitative estimate of drug-likeness (QED) is 0.486. The van der Waals surface area contributed by atoms with E-state index in [0.717, 1.165) is 12.7 Å². The fourth-order valence-corrected chi connectivity index (χ4v) is 1.56. The lowest BCUT2D eigenvalue weighted by molar-refractivity contribution is 0.399. The van der Waals surface area contributed by atoms with Crippen molar-refractivity contribution in [2.45, 2.75) is 26.4 Å². The lowest BCUT2D eigenvalue weighted by Gasteiger charge is -2.19. The molecule has 0 rings (SSSR count). The van der Waals surface area contributed by atoms with Crippen molar-refractivity contribution in [1.82, 2.24) is 5.32 Å². The van der Waals surface area contributed by atoms with Crippen LogP contribution in [-0.4, -0.2) is 28.1 Å². The van der Waals surface area contributed by atoms with Crippen LogP contribution in [0.3, 0.4) is 0 Å². The molecule has 0 bridgehead atoms. The first-order valence-corrected chi connectivity index (χ1v) is 7.00. The van der Waals surface area contributed by atoms with Gasteiger partial charge in [-0.2, -0.15) is 0 Å². The first-order valence-electron chi connectivity index (χ1n) is 3.88. The van der Waals surface area contributed by atoms with Crippen molar-refractivity contribution in [3.63, 3.8) is 0 Å². The Morgan fingerprint density at radius 1 is 1.40 bits per heavy atom. The molecule has 3 heteroatoms. The molecule has 0 unspecified atom stereocenters. The predicted molar refractivity (Wildman–Crippen MR) is 47.7 cm³/mol. The van der Waals surface area contributed by atoms with Gasteiger partial charge in [0.05, 0.1) is 0 Å². The minimum absolute atomic E-state index is 1.07. The maximum atomic E-state index is 5.36. The van der Waals surface area contributed by atoms with Crippen molar-refractivity contribution in [2.24, 2.45) is 0 Å². The Morgan fingerprint density at radius 3 is 2.40 bits per heavy atom. The molecule has 0 aromatic heterocycles. The van der Waals surface area contributed by atoms with Gasteiger partial charge in [-0.15, -0.1) is 0 Å². The summed E-state index contributed by atoms with van der Waals surface area (Å²) in [6, 6.07) is 0. The third-order valence-corrected chi connectivity index (χ3v) is 3.74. The van der Waals surface area contributed by atoms with Gasteiger partial charge in [0, 0.05) is 13.3 Å². The van der Waals surface area contributed by atoms with Gasteiger partial charge in [-0.25, -0.2) is 0 Å². The van der Waals surface area contributed by atoms with Gasteiger partial charge in [-0.3, -0.25) is 0 Å². The summed E-state index contributed by atoms with van der Waals surface area (Å²) in [5, 5.41) is 3.36. The fourth-order valence-electron chi connectivity index (χ4n) is 0.638. The van der Waals surface area contributed by atoms with E-state index in [0.29, 0.717) is 0 Å². The van der Waals surface area contributed by atoms with Crippen molar-refractivity contribution in [3.05, 3.63) is 0 Å². The monoisotopic (exact) mass is 161 g/mol. The van der Waals surface area contributed by atoms with Crippen LogP contribution in [0.2, 0.25) is 13.1 Å². The highest BCUT2D eigenvalue weighted by molar-refractivity contribution is 6.71. The molecule has 0 amide bonds. The zero-order chi connectivity index (χ0) is 8.04. The van der Waals surface area contributed by atoms with Crippen molar-refractivity contribution < 1.29 is 4.43 Å². The van der Waals surface area contributed by atoms with Crippen LogP contribution < -0.4 is 5.32 Å². The van der Waals surface area contributed by atoms with E-state index < -0.39 is 8.32 Å². The molecule has 1 N–H and O–H groups in total. The molecule has 0 atom stereocenters. The van der Waals surface area contributed by atoms with Gasteiger partial charge in [-0.05, 0) is 26.1 Å². The lowest BCUT2D eigenvalue weighted by Crippen LogP contribution is -2.42. The van der Waals surface area contributed by atoms with Crippen LogP contribution in [0.1, 0.15) is 13.3 Å².